The summed E-state index contributed by atoms with van der Waals surface area (Å²) in [5.74, 6) is 0.782. The first-order valence-electron chi connectivity index (χ1n) is 6.29. The SMILES string of the molecule is CCNc1ncc(S(=O)(=O)NCC(C)CC)cc1Cl. The topological polar surface area (TPSA) is 71.1 Å². The van der Waals surface area contributed by atoms with E-state index < -0.39 is 10.0 Å². The van der Waals surface area contributed by atoms with Gasteiger partial charge in [0, 0.05) is 19.3 Å². The van der Waals surface area contributed by atoms with Crippen molar-refractivity contribution in [2.75, 3.05) is 18.4 Å². The van der Waals surface area contributed by atoms with Gasteiger partial charge in [-0.15, -0.1) is 0 Å². The maximum absolute atomic E-state index is 12.0. The van der Waals surface area contributed by atoms with Crippen molar-refractivity contribution < 1.29 is 8.42 Å². The van der Waals surface area contributed by atoms with Crippen LogP contribution >= 0.6 is 11.6 Å². The minimum absolute atomic E-state index is 0.0856. The second-order valence-electron chi connectivity index (χ2n) is 4.40. The molecule has 0 aliphatic carbocycles. The van der Waals surface area contributed by atoms with E-state index in [4.69, 9.17) is 11.6 Å². The number of hydrogen-bond acceptors (Lipinski definition) is 4. The predicted molar refractivity (Wildman–Crippen MR) is 78.1 cm³/mol. The fourth-order valence-electron chi connectivity index (χ4n) is 1.34. The summed E-state index contributed by atoms with van der Waals surface area (Å²) >= 11 is 5.99. The minimum atomic E-state index is -3.54. The zero-order chi connectivity index (χ0) is 14.5. The monoisotopic (exact) mass is 305 g/mol. The van der Waals surface area contributed by atoms with Gasteiger partial charge in [-0.05, 0) is 18.9 Å². The van der Waals surface area contributed by atoms with E-state index >= 15 is 0 Å². The van der Waals surface area contributed by atoms with Crippen LogP contribution in [-0.4, -0.2) is 26.5 Å². The van der Waals surface area contributed by atoms with Crippen molar-refractivity contribution in [3.63, 3.8) is 0 Å². The highest BCUT2D eigenvalue weighted by molar-refractivity contribution is 7.89. The molecule has 108 valence electrons. The summed E-state index contributed by atoms with van der Waals surface area (Å²) in [6.45, 7) is 7.00. The Hall–Kier alpha value is -0.850. The van der Waals surface area contributed by atoms with Gasteiger partial charge in [0.15, 0.2) is 0 Å². The van der Waals surface area contributed by atoms with Crippen molar-refractivity contribution in [1.29, 1.82) is 0 Å². The van der Waals surface area contributed by atoms with Crippen molar-refractivity contribution in [3.05, 3.63) is 17.3 Å². The Bertz CT molecular complexity index is 520. The largest absolute Gasteiger partial charge is 0.369 e. The van der Waals surface area contributed by atoms with Crippen molar-refractivity contribution in [1.82, 2.24) is 9.71 Å². The standard InChI is InChI=1S/C12H20ClN3O2S/c1-4-9(3)7-16-19(17,18)10-6-11(13)12(14-5-2)15-8-10/h6,8-9,16H,4-5,7H2,1-3H3,(H,14,15). The Morgan fingerprint density at radius 1 is 1.42 bits per heavy atom. The lowest BCUT2D eigenvalue weighted by Crippen LogP contribution is -2.28. The molecule has 0 fully saturated rings. The van der Waals surface area contributed by atoms with E-state index in [0.717, 1.165) is 6.42 Å². The van der Waals surface area contributed by atoms with Gasteiger partial charge >= 0.3 is 0 Å². The number of nitrogens with one attached hydrogen (secondary N) is 2. The molecule has 0 spiro atoms. The summed E-state index contributed by atoms with van der Waals surface area (Å²) in [7, 11) is -3.54. The Morgan fingerprint density at radius 2 is 2.11 bits per heavy atom. The summed E-state index contributed by atoms with van der Waals surface area (Å²) < 4.78 is 26.6. The Kier molecular flexibility index (Phi) is 6.03. The molecule has 2 N–H and O–H groups in total. The lowest BCUT2D eigenvalue weighted by Gasteiger charge is -2.12. The molecule has 19 heavy (non-hydrogen) atoms. The molecule has 1 unspecified atom stereocenters. The summed E-state index contributed by atoms with van der Waals surface area (Å²) in [6, 6.07) is 1.41. The molecule has 1 aromatic heterocycles. The zero-order valence-corrected chi connectivity index (χ0v) is 13.0. The number of rotatable bonds is 7. The molecule has 0 saturated heterocycles. The first-order chi connectivity index (χ1) is 8.90. The summed E-state index contributed by atoms with van der Waals surface area (Å²) in [6.07, 6.45) is 2.23. The molecule has 0 bridgehead atoms. The number of halogens is 1. The maximum atomic E-state index is 12.0. The summed E-state index contributed by atoms with van der Waals surface area (Å²) in [4.78, 5) is 4.10. The van der Waals surface area contributed by atoms with Crippen LogP contribution in [0.5, 0.6) is 0 Å². The number of nitrogens with zero attached hydrogens (tertiary/aromatic N) is 1. The third-order valence-corrected chi connectivity index (χ3v) is 4.47. The predicted octanol–water partition coefficient (Wildman–Crippen LogP) is 2.49. The molecule has 7 heteroatoms. The van der Waals surface area contributed by atoms with Crippen molar-refractivity contribution in [2.45, 2.75) is 32.1 Å². The van der Waals surface area contributed by atoms with Gasteiger partial charge in [0.25, 0.3) is 0 Å². The van der Waals surface area contributed by atoms with Crippen LogP contribution in [0.1, 0.15) is 27.2 Å². The second kappa shape index (κ2) is 7.07. The van der Waals surface area contributed by atoms with Gasteiger partial charge in [0.2, 0.25) is 10.0 Å². The maximum Gasteiger partial charge on any atom is 0.242 e. The molecule has 0 amide bonds. The van der Waals surface area contributed by atoms with Crippen LogP contribution in [0.4, 0.5) is 5.82 Å². The molecule has 1 rings (SSSR count). The Morgan fingerprint density at radius 3 is 2.63 bits per heavy atom. The number of sulfonamides is 1. The fraction of sp³-hybridized carbons (Fsp3) is 0.583. The molecule has 1 aromatic rings. The highest BCUT2D eigenvalue weighted by Crippen LogP contribution is 2.22. The highest BCUT2D eigenvalue weighted by Gasteiger charge is 2.17. The molecule has 1 atom stereocenters. The van der Waals surface area contributed by atoms with Gasteiger partial charge in [-0.3, -0.25) is 0 Å². The third-order valence-electron chi connectivity index (χ3n) is 2.79. The van der Waals surface area contributed by atoms with E-state index in [-0.39, 0.29) is 4.90 Å². The molecule has 0 aromatic carbocycles. The van der Waals surface area contributed by atoms with E-state index in [9.17, 15) is 8.42 Å². The molecule has 5 nitrogen and oxygen atoms in total. The van der Waals surface area contributed by atoms with Crippen LogP contribution in [0.15, 0.2) is 17.2 Å². The van der Waals surface area contributed by atoms with E-state index in [1.165, 1.54) is 12.3 Å². The van der Waals surface area contributed by atoms with Crippen molar-refractivity contribution in [3.8, 4) is 0 Å². The summed E-state index contributed by atoms with van der Waals surface area (Å²) in [5.41, 5.74) is 0. The highest BCUT2D eigenvalue weighted by atomic mass is 35.5. The average Bonchev–Trinajstić information content (AvgIpc) is 2.38. The van der Waals surface area contributed by atoms with E-state index in [0.29, 0.717) is 29.8 Å². The van der Waals surface area contributed by atoms with Crippen LogP contribution in [0.2, 0.25) is 5.02 Å². The van der Waals surface area contributed by atoms with Crippen LogP contribution in [-0.2, 0) is 10.0 Å². The molecule has 1 heterocycles. The van der Waals surface area contributed by atoms with Crippen molar-refractivity contribution in [2.24, 2.45) is 5.92 Å². The van der Waals surface area contributed by atoms with Crippen LogP contribution in [0, 0.1) is 5.92 Å². The van der Waals surface area contributed by atoms with Gasteiger partial charge in [-0.1, -0.05) is 31.9 Å². The van der Waals surface area contributed by atoms with Gasteiger partial charge < -0.3 is 5.32 Å². The van der Waals surface area contributed by atoms with Gasteiger partial charge in [-0.25, -0.2) is 18.1 Å². The number of pyridine rings is 1. The Balaban J connectivity index is 2.87. The Labute approximate surface area is 119 Å². The van der Waals surface area contributed by atoms with E-state index in [2.05, 4.69) is 15.0 Å². The van der Waals surface area contributed by atoms with Crippen molar-refractivity contribution >= 4 is 27.4 Å². The molecular formula is C12H20ClN3O2S. The summed E-state index contributed by atoms with van der Waals surface area (Å²) in [5, 5.41) is 3.25. The molecule has 0 radical (unpaired) electrons. The molecule has 0 saturated carbocycles. The fourth-order valence-corrected chi connectivity index (χ4v) is 2.78. The number of anilines is 1. The van der Waals surface area contributed by atoms with Gasteiger partial charge in [0.05, 0.1) is 5.02 Å². The zero-order valence-electron chi connectivity index (χ0n) is 11.4. The van der Waals surface area contributed by atoms with Gasteiger partial charge in [0.1, 0.15) is 10.7 Å². The lowest BCUT2D eigenvalue weighted by molar-refractivity contribution is 0.528. The number of aromatic nitrogens is 1. The van der Waals surface area contributed by atoms with Crippen LogP contribution in [0.25, 0.3) is 0 Å². The van der Waals surface area contributed by atoms with Crippen LogP contribution in [0.3, 0.4) is 0 Å². The third kappa shape index (κ3) is 4.63. The van der Waals surface area contributed by atoms with E-state index in [1.54, 1.807) is 0 Å². The quantitative estimate of drug-likeness (QED) is 0.812. The van der Waals surface area contributed by atoms with E-state index in [1.807, 2.05) is 20.8 Å². The minimum Gasteiger partial charge on any atom is -0.369 e. The smallest absolute Gasteiger partial charge is 0.242 e. The molecule has 0 aliphatic rings. The molecular weight excluding hydrogens is 286 g/mol. The molecule has 0 aliphatic heterocycles. The first kappa shape index (κ1) is 16.2. The average molecular weight is 306 g/mol. The van der Waals surface area contributed by atoms with Crippen LogP contribution < -0.4 is 10.0 Å². The number of hydrogen-bond donors (Lipinski definition) is 2. The lowest BCUT2D eigenvalue weighted by atomic mass is 10.1. The van der Waals surface area contributed by atoms with Gasteiger partial charge in [-0.2, -0.15) is 0 Å². The normalized spacial score (nSPS) is 13.3. The second-order valence-corrected chi connectivity index (χ2v) is 6.57. The first-order valence-corrected chi connectivity index (χ1v) is 8.15.